The summed E-state index contributed by atoms with van der Waals surface area (Å²) in [6.07, 6.45) is 0.821. The lowest BCUT2D eigenvalue weighted by Crippen LogP contribution is -1.95. The molecule has 4 heteroatoms. The van der Waals surface area contributed by atoms with E-state index in [0.717, 1.165) is 22.8 Å². The van der Waals surface area contributed by atoms with Gasteiger partial charge in [0.1, 0.15) is 0 Å². The molecule has 0 unspecified atom stereocenters. The number of aromatic nitrogens is 1. The van der Waals surface area contributed by atoms with Crippen molar-refractivity contribution in [2.24, 2.45) is 7.05 Å². The fourth-order valence-corrected chi connectivity index (χ4v) is 2.47. The molecule has 0 aliphatic rings. The molecule has 15 heavy (non-hydrogen) atoms. The van der Waals surface area contributed by atoms with Crippen LogP contribution in [-0.4, -0.2) is 10.9 Å². The molecule has 0 radical (unpaired) electrons. The molecule has 0 amide bonds. The van der Waals surface area contributed by atoms with Crippen LogP contribution in [-0.2, 0) is 7.05 Å². The first-order valence-corrected chi connectivity index (χ1v) is 5.21. The Bertz CT molecular complexity index is 512. The fourth-order valence-electron chi connectivity index (χ4n) is 1.89. The Labute approximate surface area is 97.4 Å². The van der Waals surface area contributed by atoms with E-state index in [0.29, 0.717) is 15.7 Å². The molecule has 0 bridgehead atoms. The van der Waals surface area contributed by atoms with Gasteiger partial charge < -0.3 is 4.57 Å². The average Bonchev–Trinajstić information content (AvgIpc) is 2.46. The molecule has 0 N–H and O–H groups in total. The van der Waals surface area contributed by atoms with E-state index in [1.807, 2.05) is 6.92 Å². The third-order valence-corrected chi connectivity index (χ3v) is 3.27. The molecule has 1 aromatic carbocycles. The molecule has 0 spiro atoms. The van der Waals surface area contributed by atoms with Crippen molar-refractivity contribution in [1.29, 1.82) is 0 Å². The molecular weight excluding hydrogens is 233 g/mol. The molecule has 0 saturated heterocycles. The smallest absolute Gasteiger partial charge is 0.166 e. The second-order valence-electron chi connectivity index (χ2n) is 3.44. The predicted octanol–water partition coefficient (Wildman–Crippen LogP) is 3.61. The van der Waals surface area contributed by atoms with Gasteiger partial charge in [-0.2, -0.15) is 0 Å². The highest BCUT2D eigenvalue weighted by Crippen LogP contribution is 2.34. The van der Waals surface area contributed by atoms with Crippen molar-refractivity contribution in [3.05, 3.63) is 33.4 Å². The van der Waals surface area contributed by atoms with E-state index in [4.69, 9.17) is 23.2 Å². The molecule has 78 valence electrons. The van der Waals surface area contributed by atoms with Crippen LogP contribution >= 0.6 is 23.2 Å². The minimum atomic E-state index is 0.605. The summed E-state index contributed by atoms with van der Waals surface area (Å²) in [7, 11) is 1.81. The van der Waals surface area contributed by atoms with Crippen LogP contribution in [0.4, 0.5) is 0 Å². The van der Waals surface area contributed by atoms with Crippen LogP contribution in [0.2, 0.25) is 10.0 Å². The number of hydrogen-bond donors (Lipinski definition) is 0. The molecule has 0 saturated carbocycles. The lowest BCUT2D eigenvalue weighted by atomic mass is 10.1. The molecule has 2 aromatic rings. The number of carbonyl (C=O) groups is 1. The van der Waals surface area contributed by atoms with E-state index < -0.39 is 0 Å². The van der Waals surface area contributed by atoms with Gasteiger partial charge in [-0.25, -0.2) is 0 Å². The van der Waals surface area contributed by atoms with Gasteiger partial charge >= 0.3 is 0 Å². The minimum Gasteiger partial charge on any atom is -0.340 e. The predicted molar refractivity (Wildman–Crippen MR) is 63.1 cm³/mol. The Balaban J connectivity index is 3.07. The number of benzene rings is 1. The maximum Gasteiger partial charge on any atom is 0.166 e. The molecule has 0 aliphatic carbocycles. The second kappa shape index (κ2) is 3.54. The van der Waals surface area contributed by atoms with Crippen molar-refractivity contribution in [1.82, 2.24) is 4.57 Å². The quantitative estimate of drug-likeness (QED) is 0.700. The number of aldehydes is 1. The van der Waals surface area contributed by atoms with Crippen molar-refractivity contribution in [3.8, 4) is 0 Å². The molecule has 0 atom stereocenters. The Kier molecular flexibility index (Phi) is 2.49. The Morgan fingerprint density at radius 1 is 1.27 bits per heavy atom. The van der Waals surface area contributed by atoms with Crippen molar-refractivity contribution >= 4 is 40.4 Å². The zero-order valence-corrected chi connectivity index (χ0v) is 9.86. The number of nitrogens with zero attached hydrogens (tertiary/aromatic N) is 1. The lowest BCUT2D eigenvalue weighted by Gasteiger charge is -2.01. The highest BCUT2D eigenvalue weighted by atomic mass is 35.5. The van der Waals surface area contributed by atoms with E-state index >= 15 is 0 Å². The fraction of sp³-hybridized carbons (Fsp3) is 0.182. The summed E-state index contributed by atoms with van der Waals surface area (Å²) >= 11 is 12.2. The summed E-state index contributed by atoms with van der Waals surface area (Å²) in [4.78, 5) is 10.9. The van der Waals surface area contributed by atoms with Gasteiger partial charge in [-0.1, -0.05) is 23.2 Å². The van der Waals surface area contributed by atoms with Gasteiger partial charge in [0, 0.05) is 12.4 Å². The summed E-state index contributed by atoms with van der Waals surface area (Å²) < 4.78 is 1.77. The first-order valence-electron chi connectivity index (χ1n) is 4.46. The van der Waals surface area contributed by atoms with Crippen LogP contribution in [0.1, 0.15) is 16.1 Å². The molecule has 0 fully saturated rings. The van der Waals surface area contributed by atoms with Gasteiger partial charge in [0.15, 0.2) is 6.29 Å². The van der Waals surface area contributed by atoms with E-state index in [2.05, 4.69) is 0 Å². The average molecular weight is 242 g/mol. The van der Waals surface area contributed by atoms with E-state index in [-0.39, 0.29) is 0 Å². The number of halogens is 2. The molecular formula is C11H9Cl2NO. The SMILES string of the molecule is Cc1c(C=O)n(C)c2c(Cl)ccc(Cl)c12. The van der Waals surface area contributed by atoms with Crippen molar-refractivity contribution < 1.29 is 4.79 Å². The van der Waals surface area contributed by atoms with Crippen LogP contribution in [0.15, 0.2) is 12.1 Å². The van der Waals surface area contributed by atoms with Crippen LogP contribution < -0.4 is 0 Å². The number of carbonyl (C=O) groups excluding carboxylic acids is 1. The molecule has 1 aromatic heterocycles. The number of rotatable bonds is 1. The van der Waals surface area contributed by atoms with Crippen molar-refractivity contribution in [3.63, 3.8) is 0 Å². The lowest BCUT2D eigenvalue weighted by molar-refractivity contribution is 0.111. The van der Waals surface area contributed by atoms with Crippen LogP contribution in [0, 0.1) is 6.92 Å². The Morgan fingerprint density at radius 2 is 1.87 bits per heavy atom. The second-order valence-corrected chi connectivity index (χ2v) is 4.25. The Morgan fingerprint density at radius 3 is 2.40 bits per heavy atom. The van der Waals surface area contributed by atoms with Gasteiger partial charge in [0.2, 0.25) is 0 Å². The topological polar surface area (TPSA) is 22.0 Å². The highest BCUT2D eigenvalue weighted by Gasteiger charge is 2.15. The van der Waals surface area contributed by atoms with Crippen LogP contribution in [0.25, 0.3) is 10.9 Å². The number of fused-ring (bicyclic) bond motifs is 1. The van der Waals surface area contributed by atoms with Crippen molar-refractivity contribution in [2.45, 2.75) is 6.92 Å². The summed E-state index contributed by atoms with van der Waals surface area (Å²) in [5.74, 6) is 0. The first-order chi connectivity index (χ1) is 7.07. The number of aryl methyl sites for hydroxylation is 2. The summed E-state index contributed by atoms with van der Waals surface area (Å²) in [5, 5.41) is 2.08. The summed E-state index contributed by atoms with van der Waals surface area (Å²) in [5.41, 5.74) is 2.29. The zero-order valence-electron chi connectivity index (χ0n) is 8.34. The third-order valence-electron chi connectivity index (χ3n) is 2.65. The van der Waals surface area contributed by atoms with Gasteiger partial charge in [0.05, 0.1) is 21.3 Å². The largest absolute Gasteiger partial charge is 0.340 e. The van der Waals surface area contributed by atoms with Gasteiger partial charge in [-0.3, -0.25) is 4.79 Å². The monoisotopic (exact) mass is 241 g/mol. The maximum absolute atomic E-state index is 10.9. The number of hydrogen-bond acceptors (Lipinski definition) is 1. The third kappa shape index (κ3) is 1.36. The van der Waals surface area contributed by atoms with Crippen LogP contribution in [0.5, 0.6) is 0 Å². The zero-order chi connectivity index (χ0) is 11.2. The highest BCUT2D eigenvalue weighted by molar-refractivity contribution is 6.40. The van der Waals surface area contributed by atoms with Crippen molar-refractivity contribution in [2.75, 3.05) is 0 Å². The Hall–Kier alpha value is -0.990. The first kappa shape index (κ1) is 10.5. The van der Waals surface area contributed by atoms with E-state index in [1.54, 1.807) is 23.7 Å². The minimum absolute atomic E-state index is 0.605. The molecule has 0 aliphatic heterocycles. The molecule has 2 rings (SSSR count). The van der Waals surface area contributed by atoms with Crippen LogP contribution in [0.3, 0.4) is 0 Å². The van der Waals surface area contributed by atoms with Gasteiger partial charge in [0.25, 0.3) is 0 Å². The van der Waals surface area contributed by atoms with Gasteiger partial charge in [-0.05, 0) is 24.6 Å². The maximum atomic E-state index is 10.9. The molecule has 2 nitrogen and oxygen atoms in total. The van der Waals surface area contributed by atoms with Gasteiger partial charge in [-0.15, -0.1) is 0 Å². The standard InChI is InChI=1S/C11H9Cl2NO/c1-6-9(5-15)14(2)11-8(13)4-3-7(12)10(6)11/h3-5H,1-2H3. The summed E-state index contributed by atoms with van der Waals surface area (Å²) in [6.45, 7) is 1.87. The summed E-state index contributed by atoms with van der Waals surface area (Å²) in [6, 6.07) is 3.48. The van der Waals surface area contributed by atoms with E-state index in [1.165, 1.54) is 0 Å². The van der Waals surface area contributed by atoms with E-state index in [9.17, 15) is 4.79 Å². The molecule has 1 heterocycles. The normalized spacial score (nSPS) is 10.9.